The van der Waals surface area contributed by atoms with Gasteiger partial charge in [-0.1, -0.05) is 38.1 Å². The lowest BCUT2D eigenvalue weighted by Crippen LogP contribution is -2.10. The minimum Gasteiger partial charge on any atom is -0.478 e. The highest BCUT2D eigenvalue weighted by atomic mass is 19.4. The molecular formula is C24H18F4N2O3. The highest BCUT2D eigenvalue weighted by Crippen LogP contribution is 2.33. The van der Waals surface area contributed by atoms with Crippen molar-refractivity contribution in [3.05, 3.63) is 84.0 Å². The average molecular weight is 458 g/mol. The minimum absolute atomic E-state index is 0.0392. The molecule has 2 aromatic heterocycles. The summed E-state index contributed by atoms with van der Waals surface area (Å²) in [5.74, 6) is -2.37. The molecule has 2 heterocycles. The molecule has 1 N–H and O–H groups in total. The predicted octanol–water partition coefficient (Wildman–Crippen LogP) is 6.95. The summed E-state index contributed by atoms with van der Waals surface area (Å²) in [5.41, 5.74) is -0.595. The first-order valence-corrected chi connectivity index (χ1v) is 9.86. The first kappa shape index (κ1) is 23.6. The quantitative estimate of drug-likeness (QED) is 0.335. The number of hydrogen-bond donors (Lipinski definition) is 1. The highest BCUT2D eigenvalue weighted by Gasteiger charge is 2.34. The summed E-state index contributed by atoms with van der Waals surface area (Å²) >= 11 is 0. The number of hydrogen-bond acceptors (Lipinski definition) is 4. The van der Waals surface area contributed by atoms with E-state index in [-0.39, 0.29) is 22.8 Å². The van der Waals surface area contributed by atoms with Crippen LogP contribution < -0.4 is 0 Å². The second-order valence-electron chi connectivity index (χ2n) is 6.52. The Morgan fingerprint density at radius 3 is 2.24 bits per heavy atom. The Balaban J connectivity index is 0.00000149. The van der Waals surface area contributed by atoms with Gasteiger partial charge >= 0.3 is 12.1 Å². The summed E-state index contributed by atoms with van der Waals surface area (Å²) in [6, 6.07) is 13.5. The van der Waals surface area contributed by atoms with E-state index in [0.717, 1.165) is 18.2 Å². The lowest BCUT2D eigenvalue weighted by molar-refractivity contribution is -0.141. The van der Waals surface area contributed by atoms with E-state index in [9.17, 15) is 22.4 Å². The number of carboxylic acids is 1. The smallest absolute Gasteiger partial charge is 0.433 e. The van der Waals surface area contributed by atoms with Gasteiger partial charge in [0, 0.05) is 5.56 Å². The van der Waals surface area contributed by atoms with E-state index >= 15 is 0 Å². The van der Waals surface area contributed by atoms with Gasteiger partial charge in [-0.25, -0.2) is 19.2 Å². The zero-order valence-electron chi connectivity index (χ0n) is 17.5. The fourth-order valence-corrected chi connectivity index (χ4v) is 2.98. The number of nitrogens with zero attached hydrogens (tertiary/aromatic N) is 2. The molecule has 0 spiro atoms. The molecule has 5 nitrogen and oxygen atoms in total. The molecule has 9 heteroatoms. The van der Waals surface area contributed by atoms with Crippen LogP contribution in [0.5, 0.6) is 0 Å². The van der Waals surface area contributed by atoms with Gasteiger partial charge in [0.2, 0.25) is 0 Å². The number of furan rings is 1. The van der Waals surface area contributed by atoms with Gasteiger partial charge in [0.15, 0.2) is 11.6 Å². The van der Waals surface area contributed by atoms with Gasteiger partial charge in [-0.05, 0) is 47.5 Å². The van der Waals surface area contributed by atoms with Crippen molar-refractivity contribution >= 4 is 5.97 Å². The summed E-state index contributed by atoms with van der Waals surface area (Å²) in [6.45, 7) is 4.00. The fourth-order valence-electron chi connectivity index (χ4n) is 2.98. The molecule has 0 atom stereocenters. The minimum atomic E-state index is -4.70. The maximum atomic E-state index is 13.7. The number of rotatable bonds is 4. The Bertz CT molecular complexity index is 1270. The molecule has 170 valence electrons. The third kappa shape index (κ3) is 5.25. The van der Waals surface area contributed by atoms with Crippen LogP contribution in [0, 0.1) is 5.82 Å². The second-order valence-corrected chi connectivity index (χ2v) is 6.52. The van der Waals surface area contributed by atoms with E-state index in [4.69, 9.17) is 9.52 Å². The largest absolute Gasteiger partial charge is 0.478 e. The standard InChI is InChI=1S/C22H12F4N2O3.C2H6/c23-16-7-6-13(10-15(16)21(29)30)12-3-1-4-14(9-12)20-27-17(18-5-2-8-31-18)11-19(28-20)22(24,25)26;1-2/h1-11H,(H,29,30);1-2H3. The molecule has 0 amide bonds. The molecule has 0 radical (unpaired) electrons. The number of carboxylic acid groups (broad SMARTS) is 1. The van der Waals surface area contributed by atoms with Crippen LogP contribution in [-0.4, -0.2) is 21.0 Å². The number of aromatic carboxylic acids is 1. The van der Waals surface area contributed by atoms with Crippen molar-refractivity contribution in [1.29, 1.82) is 0 Å². The molecule has 2 aromatic carbocycles. The summed E-state index contributed by atoms with van der Waals surface area (Å²) < 4.78 is 59.1. The number of benzene rings is 2. The average Bonchev–Trinajstić information content (AvgIpc) is 3.35. The topological polar surface area (TPSA) is 76.2 Å². The molecule has 0 aliphatic heterocycles. The second kappa shape index (κ2) is 9.64. The molecule has 0 unspecified atom stereocenters. The van der Waals surface area contributed by atoms with Crippen molar-refractivity contribution in [3.63, 3.8) is 0 Å². The van der Waals surface area contributed by atoms with Crippen molar-refractivity contribution in [3.8, 4) is 34.0 Å². The number of aromatic nitrogens is 2. The van der Waals surface area contributed by atoms with Gasteiger partial charge in [-0.3, -0.25) is 0 Å². The van der Waals surface area contributed by atoms with Crippen LogP contribution in [0.3, 0.4) is 0 Å². The van der Waals surface area contributed by atoms with Crippen molar-refractivity contribution in [2.45, 2.75) is 20.0 Å². The molecule has 33 heavy (non-hydrogen) atoms. The Hall–Kier alpha value is -4.01. The molecule has 0 fully saturated rings. The molecule has 0 saturated carbocycles. The summed E-state index contributed by atoms with van der Waals surface area (Å²) in [6.07, 6.45) is -3.39. The molecule has 0 bridgehead atoms. The SMILES string of the molecule is CC.O=C(O)c1cc(-c2cccc(-c3nc(-c4ccco4)cc(C(F)(F)F)n3)c2)ccc1F. The van der Waals surface area contributed by atoms with E-state index in [1.54, 1.807) is 12.1 Å². The normalized spacial score (nSPS) is 11.0. The van der Waals surface area contributed by atoms with Gasteiger partial charge in [0.1, 0.15) is 17.2 Å². The monoisotopic (exact) mass is 458 g/mol. The van der Waals surface area contributed by atoms with Crippen LogP contribution >= 0.6 is 0 Å². The molecular weight excluding hydrogens is 440 g/mol. The predicted molar refractivity (Wildman–Crippen MR) is 114 cm³/mol. The zero-order valence-corrected chi connectivity index (χ0v) is 17.5. The van der Waals surface area contributed by atoms with Gasteiger partial charge in [-0.2, -0.15) is 13.2 Å². The maximum absolute atomic E-state index is 13.7. The Kier molecular flexibility index (Phi) is 6.91. The Morgan fingerprint density at radius 2 is 1.61 bits per heavy atom. The third-order valence-corrected chi connectivity index (χ3v) is 4.44. The fraction of sp³-hybridized carbons (Fsp3) is 0.125. The molecule has 0 aliphatic carbocycles. The van der Waals surface area contributed by atoms with Crippen LogP contribution in [-0.2, 0) is 6.18 Å². The maximum Gasteiger partial charge on any atom is 0.433 e. The first-order valence-electron chi connectivity index (χ1n) is 9.86. The van der Waals surface area contributed by atoms with E-state index in [2.05, 4.69) is 9.97 Å². The van der Waals surface area contributed by atoms with Crippen LogP contribution in [0.15, 0.2) is 71.3 Å². The summed E-state index contributed by atoms with van der Waals surface area (Å²) in [5, 5.41) is 9.12. The van der Waals surface area contributed by atoms with E-state index in [0.29, 0.717) is 11.1 Å². The lowest BCUT2D eigenvalue weighted by Gasteiger charge is -2.11. The summed E-state index contributed by atoms with van der Waals surface area (Å²) in [7, 11) is 0. The zero-order chi connectivity index (χ0) is 24.2. The van der Waals surface area contributed by atoms with Gasteiger partial charge in [0.05, 0.1) is 11.8 Å². The van der Waals surface area contributed by atoms with Crippen molar-refractivity contribution in [2.75, 3.05) is 0 Å². The first-order chi connectivity index (χ1) is 15.7. The van der Waals surface area contributed by atoms with E-state index in [1.165, 1.54) is 36.6 Å². The molecule has 4 rings (SSSR count). The third-order valence-electron chi connectivity index (χ3n) is 4.44. The van der Waals surface area contributed by atoms with Crippen molar-refractivity contribution < 1.29 is 31.9 Å². The van der Waals surface area contributed by atoms with Crippen molar-refractivity contribution in [2.24, 2.45) is 0 Å². The van der Waals surface area contributed by atoms with Crippen LogP contribution in [0.2, 0.25) is 0 Å². The number of carbonyl (C=O) groups is 1. The van der Waals surface area contributed by atoms with Gasteiger partial charge < -0.3 is 9.52 Å². The van der Waals surface area contributed by atoms with Crippen LogP contribution in [0.25, 0.3) is 34.0 Å². The lowest BCUT2D eigenvalue weighted by atomic mass is 10.0. The Labute approximate surface area is 186 Å². The molecule has 0 aliphatic rings. The highest BCUT2D eigenvalue weighted by molar-refractivity contribution is 5.90. The van der Waals surface area contributed by atoms with Gasteiger partial charge in [0.25, 0.3) is 0 Å². The molecule has 4 aromatic rings. The molecule has 0 saturated heterocycles. The summed E-state index contributed by atoms with van der Waals surface area (Å²) in [4.78, 5) is 19.0. The van der Waals surface area contributed by atoms with Gasteiger partial charge in [-0.15, -0.1) is 0 Å². The Morgan fingerprint density at radius 1 is 0.909 bits per heavy atom. The van der Waals surface area contributed by atoms with Crippen LogP contribution in [0.1, 0.15) is 29.9 Å². The van der Waals surface area contributed by atoms with E-state index < -0.39 is 29.2 Å². The van der Waals surface area contributed by atoms with Crippen molar-refractivity contribution in [1.82, 2.24) is 9.97 Å². The van der Waals surface area contributed by atoms with Crippen LogP contribution in [0.4, 0.5) is 17.6 Å². The van der Waals surface area contributed by atoms with E-state index in [1.807, 2.05) is 13.8 Å². The number of alkyl halides is 3. The number of halogens is 4.